The largest absolute Gasteiger partial charge is 0.372 e. The zero-order valence-electron chi connectivity index (χ0n) is 9.55. The molecular formula is C13H19NO. The summed E-state index contributed by atoms with van der Waals surface area (Å²) in [6.45, 7) is 7.13. The molecule has 1 aromatic carbocycles. The Morgan fingerprint density at radius 1 is 1.33 bits per heavy atom. The fourth-order valence-electron chi connectivity index (χ4n) is 1.88. The van der Waals surface area contributed by atoms with Gasteiger partial charge in [0, 0.05) is 6.54 Å². The third-order valence-electron chi connectivity index (χ3n) is 3.07. The lowest BCUT2D eigenvalue weighted by atomic mass is 10.1. The van der Waals surface area contributed by atoms with Crippen molar-refractivity contribution in [3.05, 3.63) is 34.9 Å². The Hall–Kier alpha value is -0.860. The fourth-order valence-corrected chi connectivity index (χ4v) is 1.88. The molecule has 1 fully saturated rings. The first kappa shape index (κ1) is 10.7. The third kappa shape index (κ3) is 2.80. The summed E-state index contributed by atoms with van der Waals surface area (Å²) in [7, 11) is 0. The summed E-state index contributed by atoms with van der Waals surface area (Å²) in [4.78, 5) is 0. The monoisotopic (exact) mass is 205 g/mol. The normalized spacial score (nSPS) is 20.8. The van der Waals surface area contributed by atoms with E-state index in [2.05, 4.69) is 37.4 Å². The van der Waals surface area contributed by atoms with Crippen LogP contribution in [-0.4, -0.2) is 19.2 Å². The van der Waals surface area contributed by atoms with E-state index < -0.39 is 0 Å². The maximum absolute atomic E-state index is 5.82. The van der Waals surface area contributed by atoms with E-state index in [1.807, 2.05) is 0 Å². The summed E-state index contributed by atoms with van der Waals surface area (Å²) in [5.74, 6) is 0. The molecule has 1 aliphatic rings. The van der Waals surface area contributed by atoms with Crippen LogP contribution in [0.25, 0.3) is 0 Å². The minimum Gasteiger partial charge on any atom is -0.372 e. The predicted molar refractivity (Wildman–Crippen MR) is 62.0 cm³/mol. The van der Waals surface area contributed by atoms with E-state index in [-0.39, 0.29) is 0 Å². The standard InChI is InChI=1S/C13H19NO/c1-10-3-4-12(7-11(10)2)9-15-13-5-6-14-8-13/h3-4,7,13-14H,5-6,8-9H2,1-2H3. The van der Waals surface area contributed by atoms with Crippen molar-refractivity contribution in [1.29, 1.82) is 0 Å². The molecule has 1 saturated heterocycles. The third-order valence-corrected chi connectivity index (χ3v) is 3.07. The number of benzene rings is 1. The van der Waals surface area contributed by atoms with Crippen molar-refractivity contribution in [2.75, 3.05) is 13.1 Å². The highest BCUT2D eigenvalue weighted by atomic mass is 16.5. The van der Waals surface area contributed by atoms with Crippen molar-refractivity contribution < 1.29 is 4.74 Å². The molecule has 1 atom stereocenters. The smallest absolute Gasteiger partial charge is 0.0721 e. The Kier molecular flexibility index (Phi) is 3.39. The van der Waals surface area contributed by atoms with Gasteiger partial charge in [0.15, 0.2) is 0 Å². The van der Waals surface area contributed by atoms with Gasteiger partial charge in [0.05, 0.1) is 12.7 Å². The van der Waals surface area contributed by atoms with Crippen molar-refractivity contribution in [3.63, 3.8) is 0 Å². The second-order valence-electron chi connectivity index (χ2n) is 4.34. The van der Waals surface area contributed by atoms with E-state index in [0.29, 0.717) is 6.10 Å². The van der Waals surface area contributed by atoms with Crippen LogP contribution >= 0.6 is 0 Å². The minimum atomic E-state index is 0.409. The van der Waals surface area contributed by atoms with Crippen molar-refractivity contribution in [2.24, 2.45) is 0 Å². The Morgan fingerprint density at radius 3 is 2.87 bits per heavy atom. The van der Waals surface area contributed by atoms with Crippen LogP contribution in [0.3, 0.4) is 0 Å². The van der Waals surface area contributed by atoms with E-state index in [9.17, 15) is 0 Å². The molecular weight excluding hydrogens is 186 g/mol. The van der Waals surface area contributed by atoms with E-state index in [0.717, 1.165) is 26.1 Å². The van der Waals surface area contributed by atoms with Crippen molar-refractivity contribution in [2.45, 2.75) is 33.0 Å². The first-order chi connectivity index (χ1) is 7.25. The highest BCUT2D eigenvalue weighted by Gasteiger charge is 2.14. The molecule has 1 unspecified atom stereocenters. The van der Waals surface area contributed by atoms with Crippen LogP contribution in [-0.2, 0) is 11.3 Å². The van der Waals surface area contributed by atoms with Crippen molar-refractivity contribution in [1.82, 2.24) is 5.32 Å². The number of hydrogen-bond donors (Lipinski definition) is 1. The highest BCUT2D eigenvalue weighted by Crippen LogP contribution is 2.12. The predicted octanol–water partition coefficient (Wildman–Crippen LogP) is 2.18. The molecule has 1 heterocycles. The van der Waals surface area contributed by atoms with Gasteiger partial charge >= 0.3 is 0 Å². The number of hydrogen-bond acceptors (Lipinski definition) is 2. The van der Waals surface area contributed by atoms with Crippen LogP contribution in [0, 0.1) is 13.8 Å². The molecule has 0 amide bonds. The average Bonchev–Trinajstić information content (AvgIpc) is 2.73. The van der Waals surface area contributed by atoms with Gasteiger partial charge in [-0.1, -0.05) is 18.2 Å². The molecule has 82 valence electrons. The van der Waals surface area contributed by atoms with Gasteiger partial charge in [-0.15, -0.1) is 0 Å². The average molecular weight is 205 g/mol. The quantitative estimate of drug-likeness (QED) is 0.816. The summed E-state index contributed by atoms with van der Waals surface area (Å²) in [5, 5.41) is 3.30. The molecule has 0 radical (unpaired) electrons. The molecule has 1 aromatic rings. The lowest BCUT2D eigenvalue weighted by molar-refractivity contribution is 0.0542. The summed E-state index contributed by atoms with van der Waals surface area (Å²) >= 11 is 0. The van der Waals surface area contributed by atoms with Crippen LogP contribution in [0.15, 0.2) is 18.2 Å². The van der Waals surface area contributed by atoms with Gasteiger partial charge < -0.3 is 10.1 Å². The molecule has 15 heavy (non-hydrogen) atoms. The SMILES string of the molecule is Cc1ccc(COC2CCNC2)cc1C. The Bertz CT molecular complexity index is 329. The zero-order valence-corrected chi connectivity index (χ0v) is 9.55. The van der Waals surface area contributed by atoms with Gasteiger partial charge in [-0.3, -0.25) is 0 Å². The van der Waals surface area contributed by atoms with E-state index in [1.54, 1.807) is 0 Å². The van der Waals surface area contributed by atoms with E-state index in [4.69, 9.17) is 4.74 Å². The number of rotatable bonds is 3. The topological polar surface area (TPSA) is 21.3 Å². The Labute approximate surface area is 91.6 Å². The first-order valence-electron chi connectivity index (χ1n) is 5.64. The van der Waals surface area contributed by atoms with Crippen LogP contribution in [0.2, 0.25) is 0 Å². The van der Waals surface area contributed by atoms with Gasteiger partial charge in [0.1, 0.15) is 0 Å². The molecule has 0 bridgehead atoms. The van der Waals surface area contributed by atoms with Crippen LogP contribution < -0.4 is 5.32 Å². The maximum atomic E-state index is 5.82. The Morgan fingerprint density at radius 2 is 2.20 bits per heavy atom. The number of nitrogens with one attached hydrogen (secondary N) is 1. The highest BCUT2D eigenvalue weighted by molar-refractivity contribution is 5.29. The van der Waals surface area contributed by atoms with Crippen molar-refractivity contribution >= 4 is 0 Å². The Balaban J connectivity index is 1.90. The molecule has 0 aromatic heterocycles. The van der Waals surface area contributed by atoms with Gasteiger partial charge in [0.25, 0.3) is 0 Å². The van der Waals surface area contributed by atoms with E-state index >= 15 is 0 Å². The van der Waals surface area contributed by atoms with Gasteiger partial charge in [-0.05, 0) is 43.5 Å². The second-order valence-corrected chi connectivity index (χ2v) is 4.34. The van der Waals surface area contributed by atoms with Crippen molar-refractivity contribution in [3.8, 4) is 0 Å². The van der Waals surface area contributed by atoms with Gasteiger partial charge in [-0.25, -0.2) is 0 Å². The summed E-state index contributed by atoms with van der Waals surface area (Å²) in [6.07, 6.45) is 1.55. The molecule has 2 rings (SSSR count). The minimum absolute atomic E-state index is 0.409. The molecule has 1 aliphatic heterocycles. The maximum Gasteiger partial charge on any atom is 0.0721 e. The second kappa shape index (κ2) is 4.77. The van der Waals surface area contributed by atoms with E-state index in [1.165, 1.54) is 16.7 Å². The molecule has 2 nitrogen and oxygen atoms in total. The molecule has 2 heteroatoms. The molecule has 0 saturated carbocycles. The summed E-state index contributed by atoms with van der Waals surface area (Å²) in [5.41, 5.74) is 3.98. The molecule has 1 N–H and O–H groups in total. The van der Waals surface area contributed by atoms with Gasteiger partial charge in [0.2, 0.25) is 0 Å². The van der Waals surface area contributed by atoms with Gasteiger partial charge in [-0.2, -0.15) is 0 Å². The lowest BCUT2D eigenvalue weighted by Gasteiger charge is -2.11. The summed E-state index contributed by atoms with van der Waals surface area (Å²) < 4.78 is 5.82. The summed E-state index contributed by atoms with van der Waals surface area (Å²) in [6, 6.07) is 6.54. The first-order valence-corrected chi connectivity index (χ1v) is 5.64. The van der Waals surface area contributed by atoms with Crippen LogP contribution in [0.1, 0.15) is 23.1 Å². The number of ether oxygens (including phenoxy) is 1. The molecule has 0 aliphatic carbocycles. The lowest BCUT2D eigenvalue weighted by Crippen LogP contribution is -2.16. The zero-order chi connectivity index (χ0) is 10.7. The van der Waals surface area contributed by atoms with Crippen LogP contribution in [0.5, 0.6) is 0 Å². The number of aryl methyl sites for hydroxylation is 2. The molecule has 0 spiro atoms. The van der Waals surface area contributed by atoms with Crippen LogP contribution in [0.4, 0.5) is 0 Å². The fraction of sp³-hybridized carbons (Fsp3) is 0.538.